The number of hydrogen-bond donors (Lipinski definition) is 1. The molecule has 0 bridgehead atoms. The van der Waals surface area contributed by atoms with Crippen molar-refractivity contribution in [3.8, 4) is 0 Å². The van der Waals surface area contributed by atoms with Crippen molar-refractivity contribution in [1.29, 1.82) is 0 Å². The number of nitrogens with zero attached hydrogens (tertiary/aromatic N) is 2. The summed E-state index contributed by atoms with van der Waals surface area (Å²) >= 11 is 0. The number of fused-ring (bicyclic) bond motifs is 1. The first-order chi connectivity index (χ1) is 9.26. The first-order valence-electron chi connectivity index (χ1n) is 8.00. The normalized spacial score (nSPS) is 41.4. The summed E-state index contributed by atoms with van der Waals surface area (Å²) < 4.78 is 5.45. The lowest BCUT2D eigenvalue weighted by Gasteiger charge is -2.48. The molecule has 19 heavy (non-hydrogen) atoms. The van der Waals surface area contributed by atoms with Crippen LogP contribution in [0.1, 0.15) is 32.6 Å². The Bertz CT molecular complexity index is 299. The summed E-state index contributed by atoms with van der Waals surface area (Å²) in [4.78, 5) is 5.44. The van der Waals surface area contributed by atoms with Crippen molar-refractivity contribution in [2.45, 2.75) is 56.8 Å². The van der Waals surface area contributed by atoms with Crippen molar-refractivity contribution in [2.24, 2.45) is 0 Å². The lowest BCUT2D eigenvalue weighted by atomic mass is 9.96. The second-order valence-electron chi connectivity index (χ2n) is 6.65. The van der Waals surface area contributed by atoms with E-state index < -0.39 is 0 Å². The summed E-state index contributed by atoms with van der Waals surface area (Å²) in [5.41, 5.74) is 0. The molecule has 0 aromatic rings. The van der Waals surface area contributed by atoms with Crippen LogP contribution in [0.5, 0.6) is 0 Å². The molecule has 3 aliphatic heterocycles. The summed E-state index contributed by atoms with van der Waals surface area (Å²) in [6, 6.07) is 2.16. The van der Waals surface area contributed by atoms with Crippen molar-refractivity contribution < 1.29 is 4.74 Å². The monoisotopic (exact) mass is 267 g/mol. The van der Waals surface area contributed by atoms with Gasteiger partial charge in [-0.1, -0.05) is 6.42 Å². The Balaban J connectivity index is 1.53. The highest BCUT2D eigenvalue weighted by atomic mass is 16.5. The summed E-state index contributed by atoms with van der Waals surface area (Å²) in [7, 11) is 1.83. The van der Waals surface area contributed by atoms with Gasteiger partial charge in [-0.2, -0.15) is 0 Å². The molecule has 0 saturated carbocycles. The third-order valence-electron chi connectivity index (χ3n) is 5.29. The van der Waals surface area contributed by atoms with E-state index >= 15 is 0 Å². The van der Waals surface area contributed by atoms with Crippen LogP contribution in [0.4, 0.5) is 0 Å². The highest BCUT2D eigenvalue weighted by Crippen LogP contribution is 2.24. The minimum Gasteiger partial charge on any atom is -0.380 e. The van der Waals surface area contributed by atoms with Crippen molar-refractivity contribution in [1.82, 2.24) is 15.1 Å². The second kappa shape index (κ2) is 6.08. The molecule has 0 radical (unpaired) electrons. The number of piperidine rings is 1. The highest BCUT2D eigenvalue weighted by molar-refractivity contribution is 4.92. The van der Waals surface area contributed by atoms with Crippen LogP contribution in [-0.4, -0.2) is 73.9 Å². The van der Waals surface area contributed by atoms with E-state index in [-0.39, 0.29) is 0 Å². The third-order valence-corrected chi connectivity index (χ3v) is 5.29. The molecule has 3 heterocycles. The van der Waals surface area contributed by atoms with Gasteiger partial charge in [-0.15, -0.1) is 0 Å². The van der Waals surface area contributed by atoms with Crippen LogP contribution >= 0.6 is 0 Å². The minimum atomic E-state index is 0.427. The Morgan fingerprint density at radius 3 is 2.95 bits per heavy atom. The number of hydrogen-bond acceptors (Lipinski definition) is 4. The van der Waals surface area contributed by atoms with Gasteiger partial charge in [0.2, 0.25) is 0 Å². The number of methoxy groups -OCH3 is 1. The number of nitrogens with one attached hydrogen (secondary N) is 1. The van der Waals surface area contributed by atoms with Gasteiger partial charge < -0.3 is 10.1 Å². The lowest BCUT2D eigenvalue weighted by molar-refractivity contribution is 0.0109. The van der Waals surface area contributed by atoms with Gasteiger partial charge >= 0.3 is 0 Å². The van der Waals surface area contributed by atoms with Crippen LogP contribution in [0, 0.1) is 0 Å². The highest BCUT2D eigenvalue weighted by Gasteiger charge is 2.35. The zero-order valence-corrected chi connectivity index (χ0v) is 12.5. The minimum absolute atomic E-state index is 0.427. The average Bonchev–Trinajstić information content (AvgIpc) is 2.87. The Labute approximate surface area is 117 Å². The van der Waals surface area contributed by atoms with E-state index in [9.17, 15) is 0 Å². The van der Waals surface area contributed by atoms with E-state index in [1.165, 1.54) is 51.9 Å². The molecular formula is C15H29N3O. The first kappa shape index (κ1) is 13.8. The molecule has 1 N–H and O–H groups in total. The van der Waals surface area contributed by atoms with Crippen LogP contribution in [0.25, 0.3) is 0 Å². The van der Waals surface area contributed by atoms with Gasteiger partial charge in [0.15, 0.2) is 0 Å². The van der Waals surface area contributed by atoms with Crippen molar-refractivity contribution >= 4 is 0 Å². The van der Waals surface area contributed by atoms with Gasteiger partial charge in [-0.3, -0.25) is 9.80 Å². The largest absolute Gasteiger partial charge is 0.380 e. The van der Waals surface area contributed by atoms with E-state index in [2.05, 4.69) is 22.0 Å². The van der Waals surface area contributed by atoms with Crippen molar-refractivity contribution in [3.05, 3.63) is 0 Å². The van der Waals surface area contributed by atoms with Crippen molar-refractivity contribution in [2.75, 3.05) is 39.8 Å². The van der Waals surface area contributed by atoms with Gasteiger partial charge in [0.1, 0.15) is 0 Å². The molecule has 0 amide bonds. The molecule has 110 valence electrons. The van der Waals surface area contributed by atoms with Gasteiger partial charge in [0, 0.05) is 51.4 Å². The molecular weight excluding hydrogens is 238 g/mol. The summed E-state index contributed by atoms with van der Waals surface area (Å²) in [6.45, 7) is 8.50. The van der Waals surface area contributed by atoms with Crippen LogP contribution < -0.4 is 5.32 Å². The molecule has 0 aromatic heterocycles. The van der Waals surface area contributed by atoms with E-state index in [1.54, 1.807) is 0 Å². The fourth-order valence-electron chi connectivity index (χ4n) is 4.05. The van der Waals surface area contributed by atoms with Crippen LogP contribution in [0.15, 0.2) is 0 Å². The lowest BCUT2D eigenvalue weighted by Crippen LogP contribution is -2.60. The van der Waals surface area contributed by atoms with E-state index in [0.717, 1.165) is 12.6 Å². The third kappa shape index (κ3) is 3.13. The maximum Gasteiger partial charge on any atom is 0.0711 e. The van der Waals surface area contributed by atoms with E-state index in [0.29, 0.717) is 18.2 Å². The van der Waals surface area contributed by atoms with Gasteiger partial charge in [0.05, 0.1) is 6.10 Å². The standard InChI is InChI=1S/C15H29N3O/c1-12-9-17-6-4-3-5-14(17)11-18(12)10-13-7-15(19-2)8-16-13/h12-16H,3-11H2,1-2H3. The van der Waals surface area contributed by atoms with Crippen LogP contribution in [0.3, 0.4) is 0 Å². The van der Waals surface area contributed by atoms with Gasteiger partial charge in [-0.05, 0) is 32.7 Å². The van der Waals surface area contributed by atoms with Gasteiger partial charge in [-0.25, -0.2) is 0 Å². The Hall–Kier alpha value is -0.160. The maximum absolute atomic E-state index is 5.45. The molecule has 4 nitrogen and oxygen atoms in total. The molecule has 3 fully saturated rings. The summed E-state index contributed by atoms with van der Waals surface area (Å²) in [5.74, 6) is 0. The molecule has 3 aliphatic rings. The topological polar surface area (TPSA) is 27.7 Å². The SMILES string of the molecule is COC1CNC(CN2CC3CCCCN3CC2C)C1. The Morgan fingerprint density at radius 2 is 2.16 bits per heavy atom. The predicted octanol–water partition coefficient (Wildman–Crippen LogP) is 0.922. The van der Waals surface area contributed by atoms with Crippen LogP contribution in [0.2, 0.25) is 0 Å². The molecule has 0 aliphatic carbocycles. The smallest absolute Gasteiger partial charge is 0.0711 e. The fraction of sp³-hybridized carbons (Fsp3) is 1.00. The maximum atomic E-state index is 5.45. The molecule has 0 spiro atoms. The molecule has 3 saturated heterocycles. The second-order valence-corrected chi connectivity index (χ2v) is 6.65. The van der Waals surface area contributed by atoms with E-state index in [1.807, 2.05) is 7.11 Å². The predicted molar refractivity (Wildman–Crippen MR) is 77.5 cm³/mol. The molecule has 3 rings (SSSR count). The molecule has 4 heteroatoms. The number of rotatable bonds is 3. The quantitative estimate of drug-likeness (QED) is 0.823. The Morgan fingerprint density at radius 1 is 1.26 bits per heavy atom. The summed E-state index contributed by atoms with van der Waals surface area (Å²) in [5, 5.41) is 3.62. The molecule has 4 atom stereocenters. The number of ether oxygens (including phenoxy) is 1. The van der Waals surface area contributed by atoms with Gasteiger partial charge in [0.25, 0.3) is 0 Å². The average molecular weight is 267 g/mol. The zero-order valence-electron chi connectivity index (χ0n) is 12.5. The van der Waals surface area contributed by atoms with Crippen LogP contribution in [-0.2, 0) is 4.74 Å². The summed E-state index contributed by atoms with van der Waals surface area (Å²) in [6.07, 6.45) is 5.84. The fourth-order valence-corrected chi connectivity index (χ4v) is 4.05. The van der Waals surface area contributed by atoms with E-state index in [4.69, 9.17) is 4.74 Å². The molecule has 4 unspecified atom stereocenters. The number of piperazine rings is 1. The van der Waals surface area contributed by atoms with Crippen molar-refractivity contribution in [3.63, 3.8) is 0 Å². The Kier molecular flexibility index (Phi) is 4.42. The zero-order chi connectivity index (χ0) is 13.2. The first-order valence-corrected chi connectivity index (χ1v) is 8.00. The molecule has 0 aromatic carbocycles.